The zero-order chi connectivity index (χ0) is 9.42. The molecule has 0 bridgehead atoms. The summed E-state index contributed by atoms with van der Waals surface area (Å²) >= 11 is 0. The molecular formula is C9H16N4. The topological polar surface area (TPSA) is 56.7 Å². The summed E-state index contributed by atoms with van der Waals surface area (Å²) in [7, 11) is 0. The minimum absolute atomic E-state index is 0.0122. The van der Waals surface area contributed by atoms with Gasteiger partial charge in [-0.2, -0.15) is 0 Å². The Hall–Kier alpha value is -0.900. The summed E-state index contributed by atoms with van der Waals surface area (Å²) in [4.78, 5) is 0. The predicted octanol–water partition coefficient (Wildman–Crippen LogP) is 1.20. The van der Waals surface area contributed by atoms with Crippen LogP contribution in [0.15, 0.2) is 0 Å². The highest BCUT2D eigenvalue weighted by atomic mass is 15.3. The molecule has 0 aliphatic carbocycles. The fourth-order valence-electron chi connectivity index (χ4n) is 1.98. The number of rotatable bonds is 1. The second kappa shape index (κ2) is 3.10. The lowest BCUT2D eigenvalue weighted by Crippen LogP contribution is -2.21. The van der Waals surface area contributed by atoms with Crippen molar-refractivity contribution in [2.24, 2.45) is 5.73 Å². The molecule has 0 saturated carbocycles. The average Bonchev–Trinajstić information content (AvgIpc) is 2.49. The normalized spacial score (nSPS) is 24.1. The first-order valence-corrected chi connectivity index (χ1v) is 4.89. The predicted molar refractivity (Wildman–Crippen MR) is 50.3 cm³/mol. The molecule has 13 heavy (non-hydrogen) atoms. The van der Waals surface area contributed by atoms with Crippen molar-refractivity contribution in [1.29, 1.82) is 0 Å². The van der Waals surface area contributed by atoms with E-state index in [-0.39, 0.29) is 6.04 Å². The summed E-state index contributed by atoms with van der Waals surface area (Å²) in [6.45, 7) is 4.16. The third-order valence-electron chi connectivity index (χ3n) is 2.66. The van der Waals surface area contributed by atoms with Crippen LogP contribution in [0.4, 0.5) is 0 Å². The monoisotopic (exact) mass is 180 g/mol. The highest BCUT2D eigenvalue weighted by molar-refractivity contribution is 5.04. The van der Waals surface area contributed by atoms with E-state index in [1.165, 1.54) is 12.8 Å². The molecular weight excluding hydrogens is 164 g/mol. The maximum absolute atomic E-state index is 5.82. The molecule has 0 spiro atoms. The van der Waals surface area contributed by atoms with E-state index in [9.17, 15) is 0 Å². The van der Waals surface area contributed by atoms with Gasteiger partial charge in [0.15, 0.2) is 0 Å². The molecule has 1 aromatic rings. The van der Waals surface area contributed by atoms with Gasteiger partial charge in [-0.25, -0.2) is 0 Å². The Morgan fingerprint density at radius 1 is 1.54 bits per heavy atom. The van der Waals surface area contributed by atoms with Crippen molar-refractivity contribution in [3.8, 4) is 0 Å². The first-order chi connectivity index (χ1) is 6.20. The van der Waals surface area contributed by atoms with Gasteiger partial charge in [0.2, 0.25) is 0 Å². The Kier molecular flexibility index (Phi) is 2.07. The fraction of sp³-hybridized carbons (Fsp3) is 0.778. The number of nitrogens with two attached hydrogens (primary N) is 1. The minimum Gasteiger partial charge on any atom is -0.322 e. The minimum atomic E-state index is -0.0122. The van der Waals surface area contributed by atoms with Gasteiger partial charge in [0.05, 0.1) is 6.04 Å². The van der Waals surface area contributed by atoms with Crippen molar-refractivity contribution >= 4 is 0 Å². The molecule has 2 unspecified atom stereocenters. The largest absolute Gasteiger partial charge is 0.322 e. The highest BCUT2D eigenvalue weighted by Gasteiger charge is 2.22. The molecule has 0 saturated heterocycles. The van der Waals surface area contributed by atoms with Gasteiger partial charge in [0.1, 0.15) is 11.6 Å². The lowest BCUT2D eigenvalue weighted by molar-refractivity contribution is 0.407. The molecule has 1 aliphatic heterocycles. The first kappa shape index (κ1) is 8.69. The van der Waals surface area contributed by atoms with Crippen LogP contribution < -0.4 is 5.73 Å². The van der Waals surface area contributed by atoms with Gasteiger partial charge in [0.25, 0.3) is 0 Å². The average molecular weight is 180 g/mol. The molecule has 2 N–H and O–H groups in total. The van der Waals surface area contributed by atoms with Crippen LogP contribution in [0.5, 0.6) is 0 Å². The summed E-state index contributed by atoms with van der Waals surface area (Å²) in [5.74, 6) is 2.04. The molecule has 2 rings (SSSR count). The Labute approximate surface area is 78.1 Å². The van der Waals surface area contributed by atoms with Crippen LogP contribution in [0.2, 0.25) is 0 Å². The second-order valence-electron chi connectivity index (χ2n) is 3.87. The molecule has 2 atom stereocenters. The summed E-state index contributed by atoms with van der Waals surface area (Å²) in [5, 5.41) is 8.30. The van der Waals surface area contributed by atoms with E-state index in [4.69, 9.17) is 5.73 Å². The van der Waals surface area contributed by atoms with E-state index >= 15 is 0 Å². The third-order valence-corrected chi connectivity index (χ3v) is 2.66. The Morgan fingerprint density at radius 3 is 3.00 bits per heavy atom. The van der Waals surface area contributed by atoms with Crippen molar-refractivity contribution in [1.82, 2.24) is 14.8 Å². The number of aryl methyl sites for hydroxylation is 1. The Bertz CT molecular complexity index is 303. The maximum atomic E-state index is 5.82. The summed E-state index contributed by atoms with van der Waals surface area (Å²) < 4.78 is 2.20. The molecule has 2 heterocycles. The van der Waals surface area contributed by atoms with Crippen molar-refractivity contribution in [2.45, 2.75) is 45.2 Å². The summed E-state index contributed by atoms with van der Waals surface area (Å²) in [5.41, 5.74) is 5.82. The molecule has 4 nitrogen and oxygen atoms in total. The van der Waals surface area contributed by atoms with Gasteiger partial charge < -0.3 is 10.3 Å². The second-order valence-corrected chi connectivity index (χ2v) is 3.87. The molecule has 4 heteroatoms. The van der Waals surface area contributed by atoms with Crippen LogP contribution >= 0.6 is 0 Å². The van der Waals surface area contributed by atoms with Crippen molar-refractivity contribution < 1.29 is 0 Å². The van der Waals surface area contributed by atoms with Gasteiger partial charge in [0, 0.05) is 12.5 Å². The van der Waals surface area contributed by atoms with Gasteiger partial charge in [-0.3, -0.25) is 0 Å². The van der Waals surface area contributed by atoms with E-state index in [0.717, 1.165) is 18.1 Å². The van der Waals surface area contributed by atoms with Crippen molar-refractivity contribution in [3.63, 3.8) is 0 Å². The number of fused-ring (bicyclic) bond motifs is 1. The Morgan fingerprint density at radius 2 is 2.31 bits per heavy atom. The molecule has 72 valence electrons. The van der Waals surface area contributed by atoms with E-state index in [1.54, 1.807) is 0 Å². The third kappa shape index (κ3) is 1.35. The van der Waals surface area contributed by atoms with Crippen LogP contribution in [0.1, 0.15) is 50.4 Å². The molecule has 1 aliphatic rings. The van der Waals surface area contributed by atoms with E-state index in [1.807, 2.05) is 6.92 Å². The van der Waals surface area contributed by atoms with Crippen LogP contribution in [0.3, 0.4) is 0 Å². The first-order valence-electron chi connectivity index (χ1n) is 4.89. The van der Waals surface area contributed by atoms with Crippen LogP contribution in [0.25, 0.3) is 0 Å². The van der Waals surface area contributed by atoms with Gasteiger partial charge in [-0.1, -0.05) is 0 Å². The Balaban J connectivity index is 2.44. The lowest BCUT2D eigenvalue weighted by Gasteiger charge is -2.23. The van der Waals surface area contributed by atoms with Crippen molar-refractivity contribution in [3.05, 3.63) is 11.6 Å². The van der Waals surface area contributed by atoms with E-state index in [2.05, 4.69) is 21.7 Å². The van der Waals surface area contributed by atoms with Gasteiger partial charge in [-0.15, -0.1) is 10.2 Å². The van der Waals surface area contributed by atoms with E-state index < -0.39 is 0 Å². The smallest absolute Gasteiger partial charge is 0.149 e. The lowest BCUT2D eigenvalue weighted by atomic mass is 10.1. The van der Waals surface area contributed by atoms with Crippen LogP contribution in [0, 0.1) is 0 Å². The summed E-state index contributed by atoms with van der Waals surface area (Å²) in [6.07, 6.45) is 3.48. The quantitative estimate of drug-likeness (QED) is 0.706. The SMILES string of the molecule is CC(N)c1nnc2n1C(C)CCC2. The van der Waals surface area contributed by atoms with Crippen LogP contribution in [-0.2, 0) is 6.42 Å². The number of hydrogen-bond acceptors (Lipinski definition) is 3. The highest BCUT2D eigenvalue weighted by Crippen LogP contribution is 2.26. The number of aromatic nitrogens is 3. The zero-order valence-electron chi connectivity index (χ0n) is 8.20. The van der Waals surface area contributed by atoms with E-state index in [0.29, 0.717) is 6.04 Å². The molecule has 1 aromatic heterocycles. The van der Waals surface area contributed by atoms with Gasteiger partial charge >= 0.3 is 0 Å². The standard InChI is InChI=1S/C9H16N4/c1-6-4-3-5-8-11-12-9(7(2)10)13(6)8/h6-7H,3-5,10H2,1-2H3. The summed E-state index contributed by atoms with van der Waals surface area (Å²) in [6, 6.07) is 0.501. The van der Waals surface area contributed by atoms with Crippen LogP contribution in [-0.4, -0.2) is 14.8 Å². The maximum Gasteiger partial charge on any atom is 0.149 e. The molecule has 0 amide bonds. The molecule has 0 radical (unpaired) electrons. The fourth-order valence-corrected chi connectivity index (χ4v) is 1.98. The van der Waals surface area contributed by atoms with Gasteiger partial charge in [-0.05, 0) is 26.7 Å². The zero-order valence-corrected chi connectivity index (χ0v) is 8.20. The van der Waals surface area contributed by atoms with Crippen molar-refractivity contribution in [2.75, 3.05) is 0 Å². The molecule has 0 fully saturated rings. The number of hydrogen-bond donors (Lipinski definition) is 1. The number of nitrogens with zero attached hydrogens (tertiary/aromatic N) is 3. The molecule has 0 aromatic carbocycles.